The van der Waals surface area contributed by atoms with E-state index in [0.717, 1.165) is 31.8 Å². The number of nitrogen functional groups attached to an aromatic ring is 1. The number of nitrogens with two attached hydrogens (primary N) is 1. The predicted octanol–water partition coefficient (Wildman–Crippen LogP) is 0.714. The van der Waals surface area contributed by atoms with E-state index in [1.165, 1.54) is 0 Å². The molecule has 1 aliphatic heterocycles. The topological polar surface area (TPSA) is 58.7 Å². The number of rotatable bonds is 4. The summed E-state index contributed by atoms with van der Waals surface area (Å²) in [6.45, 7) is 3.16. The van der Waals surface area contributed by atoms with Crippen molar-refractivity contribution in [2.24, 2.45) is 0 Å². The quantitative estimate of drug-likeness (QED) is 0.737. The van der Waals surface area contributed by atoms with Crippen LogP contribution in [0, 0.1) is 0 Å². The van der Waals surface area contributed by atoms with Crippen LogP contribution in [0.25, 0.3) is 0 Å². The van der Waals surface area contributed by atoms with E-state index in [-0.39, 0.29) is 6.10 Å². The molecule has 1 aliphatic rings. The van der Waals surface area contributed by atoms with Crippen LogP contribution in [0.5, 0.6) is 5.75 Å². The third kappa shape index (κ3) is 2.87. The van der Waals surface area contributed by atoms with Gasteiger partial charge >= 0.3 is 0 Å². The third-order valence-corrected chi connectivity index (χ3v) is 2.83. The second-order valence-electron chi connectivity index (χ2n) is 4.13. The summed E-state index contributed by atoms with van der Waals surface area (Å²) in [5.74, 6) is 0.738. The summed E-state index contributed by atoms with van der Waals surface area (Å²) in [6, 6.07) is 7.49. The molecule has 1 unspecified atom stereocenters. The van der Waals surface area contributed by atoms with Crippen LogP contribution in [-0.2, 0) is 0 Å². The number of anilines is 1. The number of hydrogen-bond donors (Lipinski definition) is 2. The van der Waals surface area contributed by atoms with Crippen molar-refractivity contribution in [2.75, 3.05) is 32.0 Å². The number of ether oxygens (including phenoxy) is 1. The van der Waals surface area contributed by atoms with Crippen molar-refractivity contribution in [3.63, 3.8) is 0 Å². The van der Waals surface area contributed by atoms with E-state index in [9.17, 15) is 5.11 Å². The first-order valence-electron chi connectivity index (χ1n) is 5.63. The fourth-order valence-corrected chi connectivity index (χ4v) is 1.91. The van der Waals surface area contributed by atoms with Crippen LogP contribution < -0.4 is 10.5 Å². The van der Waals surface area contributed by atoms with Crippen molar-refractivity contribution < 1.29 is 9.84 Å². The van der Waals surface area contributed by atoms with Crippen molar-refractivity contribution >= 4 is 5.69 Å². The summed E-state index contributed by atoms with van der Waals surface area (Å²) in [7, 11) is 0. The van der Waals surface area contributed by atoms with Gasteiger partial charge in [0.25, 0.3) is 0 Å². The molecule has 2 rings (SSSR count). The second-order valence-corrected chi connectivity index (χ2v) is 4.13. The minimum atomic E-state index is -0.165. The van der Waals surface area contributed by atoms with Crippen LogP contribution >= 0.6 is 0 Å². The number of hydrogen-bond acceptors (Lipinski definition) is 4. The van der Waals surface area contributed by atoms with Gasteiger partial charge in [0.05, 0.1) is 11.8 Å². The minimum absolute atomic E-state index is 0.165. The fraction of sp³-hybridized carbons (Fsp3) is 0.500. The van der Waals surface area contributed by atoms with E-state index in [1.54, 1.807) is 0 Å². The zero-order valence-corrected chi connectivity index (χ0v) is 9.30. The molecule has 4 heteroatoms. The van der Waals surface area contributed by atoms with Crippen LogP contribution in [0.4, 0.5) is 5.69 Å². The molecule has 1 aromatic carbocycles. The largest absolute Gasteiger partial charge is 0.490 e. The monoisotopic (exact) mass is 222 g/mol. The minimum Gasteiger partial charge on any atom is -0.490 e. The molecular formula is C12H18N2O2. The summed E-state index contributed by atoms with van der Waals surface area (Å²) in [4.78, 5) is 2.20. The smallest absolute Gasteiger partial charge is 0.142 e. The second kappa shape index (κ2) is 5.18. The molecule has 0 bridgehead atoms. The molecule has 1 saturated heterocycles. The van der Waals surface area contributed by atoms with Crippen LogP contribution in [0.1, 0.15) is 6.42 Å². The number of aliphatic hydroxyl groups is 1. The number of benzene rings is 1. The Morgan fingerprint density at radius 1 is 1.44 bits per heavy atom. The van der Waals surface area contributed by atoms with E-state index in [1.807, 2.05) is 24.3 Å². The van der Waals surface area contributed by atoms with Gasteiger partial charge in [0, 0.05) is 19.6 Å². The molecule has 0 radical (unpaired) electrons. The Bertz CT molecular complexity index is 344. The molecule has 0 saturated carbocycles. The first-order chi connectivity index (χ1) is 7.75. The van der Waals surface area contributed by atoms with Gasteiger partial charge in [0.1, 0.15) is 12.4 Å². The average Bonchev–Trinajstić information content (AvgIpc) is 2.67. The van der Waals surface area contributed by atoms with E-state index >= 15 is 0 Å². The Morgan fingerprint density at radius 3 is 2.94 bits per heavy atom. The highest BCUT2D eigenvalue weighted by molar-refractivity contribution is 5.51. The first-order valence-corrected chi connectivity index (χ1v) is 5.63. The van der Waals surface area contributed by atoms with Gasteiger partial charge in [0.2, 0.25) is 0 Å². The normalized spacial score (nSPS) is 21.2. The van der Waals surface area contributed by atoms with Crippen molar-refractivity contribution in [1.29, 1.82) is 0 Å². The Kier molecular flexibility index (Phi) is 3.64. The van der Waals surface area contributed by atoms with Gasteiger partial charge in [-0.25, -0.2) is 0 Å². The van der Waals surface area contributed by atoms with Gasteiger partial charge in [-0.3, -0.25) is 4.90 Å². The van der Waals surface area contributed by atoms with E-state index < -0.39 is 0 Å². The lowest BCUT2D eigenvalue weighted by atomic mass is 10.3. The molecule has 1 aromatic rings. The van der Waals surface area contributed by atoms with Gasteiger partial charge in [-0.05, 0) is 18.6 Å². The standard InChI is InChI=1S/C12H18N2O2/c13-11-3-1-2-4-12(11)16-8-7-14-6-5-10(15)9-14/h1-4,10,15H,5-9,13H2. The SMILES string of the molecule is Nc1ccccc1OCCN1CCC(O)C1. The highest BCUT2D eigenvalue weighted by Gasteiger charge is 2.19. The summed E-state index contributed by atoms with van der Waals surface area (Å²) < 4.78 is 5.59. The van der Waals surface area contributed by atoms with E-state index in [4.69, 9.17) is 10.5 Å². The Balaban J connectivity index is 1.74. The number of aliphatic hydroxyl groups excluding tert-OH is 1. The summed E-state index contributed by atoms with van der Waals surface area (Å²) in [6.07, 6.45) is 0.704. The Hall–Kier alpha value is -1.26. The molecule has 1 fully saturated rings. The Labute approximate surface area is 95.6 Å². The molecule has 0 aliphatic carbocycles. The first kappa shape index (κ1) is 11.2. The van der Waals surface area contributed by atoms with E-state index in [0.29, 0.717) is 12.3 Å². The van der Waals surface area contributed by atoms with Gasteiger partial charge in [0.15, 0.2) is 0 Å². The molecule has 4 nitrogen and oxygen atoms in total. The molecule has 0 amide bonds. The maximum Gasteiger partial charge on any atom is 0.142 e. The van der Waals surface area contributed by atoms with Crippen LogP contribution in [-0.4, -0.2) is 42.4 Å². The van der Waals surface area contributed by atoms with E-state index in [2.05, 4.69) is 4.90 Å². The fourth-order valence-electron chi connectivity index (χ4n) is 1.91. The number of nitrogens with zero attached hydrogens (tertiary/aromatic N) is 1. The van der Waals surface area contributed by atoms with Gasteiger partial charge < -0.3 is 15.6 Å². The molecule has 3 N–H and O–H groups in total. The molecule has 16 heavy (non-hydrogen) atoms. The summed E-state index contributed by atoms with van der Waals surface area (Å²) in [5.41, 5.74) is 6.43. The predicted molar refractivity (Wildman–Crippen MR) is 63.4 cm³/mol. The highest BCUT2D eigenvalue weighted by atomic mass is 16.5. The van der Waals surface area contributed by atoms with Crippen molar-refractivity contribution in [3.8, 4) is 5.75 Å². The Morgan fingerprint density at radius 2 is 2.25 bits per heavy atom. The zero-order chi connectivity index (χ0) is 11.4. The lowest BCUT2D eigenvalue weighted by molar-refractivity contribution is 0.167. The molecule has 1 heterocycles. The maximum absolute atomic E-state index is 9.36. The third-order valence-electron chi connectivity index (χ3n) is 2.83. The summed E-state index contributed by atoms with van der Waals surface area (Å²) >= 11 is 0. The van der Waals surface area contributed by atoms with Gasteiger partial charge in [-0.15, -0.1) is 0 Å². The van der Waals surface area contributed by atoms with Gasteiger partial charge in [-0.2, -0.15) is 0 Å². The lowest BCUT2D eigenvalue weighted by Gasteiger charge is -2.15. The van der Waals surface area contributed by atoms with Crippen LogP contribution in [0.15, 0.2) is 24.3 Å². The number of likely N-dealkylation sites (tertiary alicyclic amines) is 1. The molecule has 88 valence electrons. The maximum atomic E-state index is 9.36. The van der Waals surface area contributed by atoms with Crippen molar-refractivity contribution in [3.05, 3.63) is 24.3 Å². The average molecular weight is 222 g/mol. The van der Waals surface area contributed by atoms with Crippen LogP contribution in [0.2, 0.25) is 0 Å². The van der Waals surface area contributed by atoms with Crippen LogP contribution in [0.3, 0.4) is 0 Å². The number of β-amino-alcohol motifs (C(OH)–C–C–N with tert-alkyl or cyclic N) is 1. The van der Waals surface area contributed by atoms with Crippen molar-refractivity contribution in [1.82, 2.24) is 4.90 Å². The molecule has 0 spiro atoms. The summed E-state index contributed by atoms with van der Waals surface area (Å²) in [5, 5.41) is 9.36. The lowest BCUT2D eigenvalue weighted by Crippen LogP contribution is -2.27. The zero-order valence-electron chi connectivity index (χ0n) is 9.30. The molecule has 1 atom stereocenters. The highest BCUT2D eigenvalue weighted by Crippen LogP contribution is 2.19. The molecule has 0 aromatic heterocycles. The van der Waals surface area contributed by atoms with Gasteiger partial charge in [-0.1, -0.05) is 12.1 Å². The molecular weight excluding hydrogens is 204 g/mol. The van der Waals surface area contributed by atoms with Crippen molar-refractivity contribution in [2.45, 2.75) is 12.5 Å². The number of para-hydroxylation sites is 2.